The Bertz CT molecular complexity index is 227. The molecular weight excluding hydrogens is 213 g/mol. The minimum Gasteiger partial charge on any atom is -0.444 e. The van der Waals surface area contributed by atoms with Crippen molar-refractivity contribution in [2.24, 2.45) is 0 Å². The number of hydrogen-bond donors (Lipinski definition) is 0. The minimum absolute atomic E-state index is 0.0139. The molecule has 1 heterocycles. The first-order valence-electron chi connectivity index (χ1n) is 5.23. The first-order valence-corrected chi connectivity index (χ1v) is 5.90. The minimum atomic E-state index is -0.430. The van der Waals surface area contributed by atoms with Crippen molar-refractivity contribution < 1.29 is 14.3 Å². The van der Waals surface area contributed by atoms with Crippen LogP contribution in [-0.2, 0) is 9.47 Å². The molecule has 0 bridgehead atoms. The molecule has 0 aromatic heterocycles. The first kappa shape index (κ1) is 12.7. The molecule has 0 aliphatic carbocycles. The molecular formula is C10H20NO3P. The van der Waals surface area contributed by atoms with E-state index in [1.165, 1.54) is 0 Å². The Kier molecular flexibility index (Phi) is 4.35. The highest BCUT2D eigenvalue weighted by Crippen LogP contribution is 2.15. The fraction of sp³-hybridized carbons (Fsp3) is 0.900. The third kappa shape index (κ3) is 4.80. The molecule has 0 spiro atoms. The van der Waals surface area contributed by atoms with Gasteiger partial charge < -0.3 is 14.4 Å². The lowest BCUT2D eigenvalue weighted by Gasteiger charge is -2.27. The summed E-state index contributed by atoms with van der Waals surface area (Å²) in [6.45, 7) is 7.61. The van der Waals surface area contributed by atoms with Gasteiger partial charge in [-0.05, 0) is 27.2 Å². The lowest BCUT2D eigenvalue weighted by molar-refractivity contribution is 0.0228. The van der Waals surface area contributed by atoms with Crippen LogP contribution in [0.2, 0.25) is 0 Å². The molecule has 0 N–H and O–H groups in total. The predicted octanol–water partition coefficient (Wildman–Crippen LogP) is 1.85. The third-order valence-electron chi connectivity index (χ3n) is 1.96. The van der Waals surface area contributed by atoms with Gasteiger partial charge in [0.25, 0.3) is 0 Å². The van der Waals surface area contributed by atoms with Gasteiger partial charge in [0.1, 0.15) is 5.60 Å². The second kappa shape index (κ2) is 5.13. The van der Waals surface area contributed by atoms with Gasteiger partial charge in [-0.2, -0.15) is 0 Å². The quantitative estimate of drug-likeness (QED) is 0.599. The number of hydrogen-bond acceptors (Lipinski definition) is 3. The van der Waals surface area contributed by atoms with Gasteiger partial charge in [-0.15, -0.1) is 9.24 Å². The first-order chi connectivity index (χ1) is 6.88. The summed E-state index contributed by atoms with van der Waals surface area (Å²) in [6, 6.07) is 0. The van der Waals surface area contributed by atoms with Gasteiger partial charge in [-0.1, -0.05) is 0 Å². The maximum Gasteiger partial charge on any atom is 0.410 e. The molecule has 0 saturated carbocycles. The van der Waals surface area contributed by atoms with E-state index in [2.05, 4.69) is 9.24 Å². The average Bonchev–Trinajstić information content (AvgIpc) is 2.26. The summed E-state index contributed by atoms with van der Waals surface area (Å²) >= 11 is 0. The van der Waals surface area contributed by atoms with Crippen molar-refractivity contribution in [1.82, 2.24) is 4.90 Å². The van der Waals surface area contributed by atoms with Crippen LogP contribution in [0, 0.1) is 0 Å². The summed E-state index contributed by atoms with van der Waals surface area (Å²) in [5.74, 6) is 0.0139. The fourth-order valence-corrected chi connectivity index (χ4v) is 1.73. The monoisotopic (exact) mass is 233 g/mol. The van der Waals surface area contributed by atoms with Crippen LogP contribution in [0.25, 0.3) is 0 Å². The summed E-state index contributed by atoms with van der Waals surface area (Å²) in [5.41, 5.74) is -0.430. The molecule has 0 aromatic rings. The lowest BCUT2D eigenvalue weighted by atomic mass is 10.2. The largest absolute Gasteiger partial charge is 0.444 e. The molecule has 1 unspecified atom stereocenters. The maximum atomic E-state index is 11.8. The van der Waals surface area contributed by atoms with Crippen LogP contribution < -0.4 is 0 Å². The Balaban J connectivity index is 2.50. The van der Waals surface area contributed by atoms with Crippen LogP contribution in [0.15, 0.2) is 0 Å². The van der Waals surface area contributed by atoms with Gasteiger partial charge in [0.05, 0.1) is 12.4 Å². The number of nitrogens with zero attached hydrogens (tertiary/aromatic N) is 1. The Hall–Kier alpha value is -0.340. The van der Waals surface area contributed by atoms with Crippen LogP contribution in [0.1, 0.15) is 27.2 Å². The fourth-order valence-electron chi connectivity index (χ4n) is 1.34. The van der Waals surface area contributed by atoms with Crippen molar-refractivity contribution in [3.8, 4) is 0 Å². The topological polar surface area (TPSA) is 38.8 Å². The highest BCUT2D eigenvalue weighted by molar-refractivity contribution is 7.17. The molecule has 1 saturated heterocycles. The molecule has 1 aliphatic heterocycles. The van der Waals surface area contributed by atoms with E-state index >= 15 is 0 Å². The summed E-state index contributed by atoms with van der Waals surface area (Å²) in [4.78, 5) is 13.5. The number of rotatable bonds is 0. The van der Waals surface area contributed by atoms with Gasteiger partial charge in [0.15, 0.2) is 0 Å². The lowest BCUT2D eigenvalue weighted by Crippen LogP contribution is -2.39. The van der Waals surface area contributed by atoms with Crippen molar-refractivity contribution in [1.29, 1.82) is 0 Å². The zero-order valence-corrected chi connectivity index (χ0v) is 10.8. The van der Waals surface area contributed by atoms with Crippen LogP contribution in [0.3, 0.4) is 0 Å². The molecule has 15 heavy (non-hydrogen) atoms. The van der Waals surface area contributed by atoms with E-state index in [0.29, 0.717) is 19.7 Å². The van der Waals surface area contributed by atoms with Gasteiger partial charge >= 0.3 is 6.09 Å². The van der Waals surface area contributed by atoms with E-state index in [9.17, 15) is 4.79 Å². The van der Waals surface area contributed by atoms with Crippen LogP contribution >= 0.6 is 9.24 Å². The van der Waals surface area contributed by atoms with Gasteiger partial charge in [-0.3, -0.25) is 0 Å². The second-order valence-corrected chi connectivity index (χ2v) is 5.43. The standard InChI is InChI=1S/C10H20NO3P/c1-10(2,3)14-9(12)11-5-4-6-13-8(15)7-11/h8H,4-7,15H2,1-3H3/t8-/m1/s1. The molecule has 5 heteroatoms. The van der Waals surface area contributed by atoms with E-state index in [1.54, 1.807) is 4.90 Å². The van der Waals surface area contributed by atoms with Crippen molar-refractivity contribution in [2.45, 2.75) is 38.6 Å². The number of carbonyl (C=O) groups excluding carboxylic acids is 1. The molecule has 1 rings (SSSR count). The van der Waals surface area contributed by atoms with E-state index in [-0.39, 0.29) is 11.9 Å². The zero-order valence-electron chi connectivity index (χ0n) is 9.66. The van der Waals surface area contributed by atoms with Crippen LogP contribution in [0.5, 0.6) is 0 Å². The highest BCUT2D eigenvalue weighted by Gasteiger charge is 2.24. The van der Waals surface area contributed by atoms with Gasteiger partial charge in [0, 0.05) is 13.2 Å². The SMILES string of the molecule is CC(C)(C)OC(=O)N1CCCO[C@H](P)C1. The second-order valence-electron chi connectivity index (χ2n) is 4.69. The van der Waals surface area contributed by atoms with Crippen molar-refractivity contribution in [3.63, 3.8) is 0 Å². The van der Waals surface area contributed by atoms with Gasteiger partial charge in [0.2, 0.25) is 0 Å². The molecule has 1 fully saturated rings. The molecule has 1 amide bonds. The summed E-state index contributed by atoms with van der Waals surface area (Å²) in [7, 11) is 2.59. The predicted molar refractivity (Wildman–Crippen MR) is 61.9 cm³/mol. The normalized spacial score (nSPS) is 23.5. The Morgan fingerprint density at radius 1 is 1.53 bits per heavy atom. The molecule has 0 aromatic carbocycles. The Morgan fingerprint density at radius 3 is 2.80 bits per heavy atom. The van der Waals surface area contributed by atoms with E-state index < -0.39 is 5.60 Å². The highest BCUT2D eigenvalue weighted by atomic mass is 31.0. The summed E-state index contributed by atoms with van der Waals surface area (Å²) in [5, 5.41) is 0. The molecule has 88 valence electrons. The maximum absolute atomic E-state index is 11.8. The van der Waals surface area contributed by atoms with Crippen molar-refractivity contribution in [2.75, 3.05) is 19.7 Å². The Morgan fingerprint density at radius 2 is 2.20 bits per heavy atom. The van der Waals surface area contributed by atoms with Crippen molar-refractivity contribution >= 4 is 15.3 Å². The molecule has 2 atom stereocenters. The molecule has 1 aliphatic rings. The van der Waals surface area contributed by atoms with E-state index in [4.69, 9.17) is 9.47 Å². The smallest absolute Gasteiger partial charge is 0.410 e. The van der Waals surface area contributed by atoms with Crippen molar-refractivity contribution in [3.05, 3.63) is 0 Å². The third-order valence-corrected chi connectivity index (χ3v) is 2.36. The van der Waals surface area contributed by atoms with Crippen LogP contribution in [0.4, 0.5) is 4.79 Å². The van der Waals surface area contributed by atoms with E-state index in [0.717, 1.165) is 6.42 Å². The van der Waals surface area contributed by atoms with Gasteiger partial charge in [-0.25, -0.2) is 4.79 Å². The molecule has 0 radical (unpaired) electrons. The Labute approximate surface area is 93.5 Å². The number of amides is 1. The summed E-state index contributed by atoms with van der Waals surface area (Å²) in [6.07, 6.45) is 0.616. The zero-order chi connectivity index (χ0) is 11.5. The van der Waals surface area contributed by atoms with E-state index in [1.807, 2.05) is 20.8 Å². The average molecular weight is 233 g/mol. The number of ether oxygens (including phenoxy) is 2. The summed E-state index contributed by atoms with van der Waals surface area (Å²) < 4.78 is 10.7. The van der Waals surface area contributed by atoms with Crippen LogP contribution in [-0.4, -0.2) is 42.1 Å². The molecule has 4 nitrogen and oxygen atoms in total. The number of carbonyl (C=O) groups is 1.